The Bertz CT molecular complexity index is 620. The summed E-state index contributed by atoms with van der Waals surface area (Å²) in [5.41, 5.74) is 3.63. The van der Waals surface area contributed by atoms with E-state index in [4.69, 9.17) is 5.26 Å². The molecule has 0 saturated carbocycles. The first kappa shape index (κ1) is 12.3. The normalized spacial score (nSPS) is 11.1. The molecular weight excluding hydrogens is 242 g/mol. The number of thiazole rings is 1. The first-order valence-electron chi connectivity index (χ1n) is 5.55. The molecule has 0 fully saturated rings. The van der Waals surface area contributed by atoms with Gasteiger partial charge in [-0.05, 0) is 31.5 Å². The van der Waals surface area contributed by atoms with Gasteiger partial charge in [-0.2, -0.15) is 5.26 Å². The highest BCUT2D eigenvalue weighted by atomic mass is 32.1. The third-order valence-electron chi connectivity index (χ3n) is 2.37. The zero-order valence-electron chi connectivity index (χ0n) is 10.3. The summed E-state index contributed by atoms with van der Waals surface area (Å²) in [5, 5.41) is 14.9. The van der Waals surface area contributed by atoms with Gasteiger partial charge in [-0.25, -0.2) is 4.98 Å². The number of anilines is 1. The van der Waals surface area contributed by atoms with Crippen LogP contribution in [0.1, 0.15) is 16.3 Å². The first-order chi connectivity index (χ1) is 8.69. The molecule has 0 amide bonds. The van der Waals surface area contributed by atoms with Crippen LogP contribution in [0.5, 0.6) is 0 Å². The smallest absolute Gasteiger partial charge is 0.135 e. The predicted octanol–water partition coefficient (Wildman–Crippen LogP) is 3.74. The molecule has 90 valence electrons. The number of nitriles is 1. The number of nitrogens with zero attached hydrogens (tertiary/aromatic N) is 2. The summed E-state index contributed by atoms with van der Waals surface area (Å²) in [5.74, 6) is 0. The third kappa shape index (κ3) is 2.96. The Kier molecular flexibility index (Phi) is 3.75. The van der Waals surface area contributed by atoms with E-state index in [9.17, 15) is 0 Å². The Morgan fingerprint density at radius 2 is 2.28 bits per heavy atom. The maximum absolute atomic E-state index is 9.13. The lowest BCUT2D eigenvalue weighted by molar-refractivity contribution is 1.24. The number of allylic oxidation sites excluding steroid dienone is 1. The van der Waals surface area contributed by atoms with E-state index in [1.165, 1.54) is 16.9 Å². The molecule has 4 heteroatoms. The molecule has 0 unspecified atom stereocenters. The Morgan fingerprint density at radius 1 is 1.44 bits per heavy atom. The summed E-state index contributed by atoms with van der Waals surface area (Å²) < 4.78 is 0. The summed E-state index contributed by atoms with van der Waals surface area (Å²) in [6, 6.07) is 10.2. The molecule has 1 aromatic carbocycles. The number of hydrogen-bond acceptors (Lipinski definition) is 4. The van der Waals surface area contributed by atoms with Crippen LogP contribution in [0, 0.1) is 25.2 Å². The Labute approximate surface area is 110 Å². The number of rotatable bonds is 3. The number of nitrogens with one attached hydrogen (secondary N) is 1. The number of aryl methyl sites for hydroxylation is 2. The van der Waals surface area contributed by atoms with E-state index >= 15 is 0 Å². The lowest BCUT2D eigenvalue weighted by Crippen LogP contribution is -1.91. The fraction of sp³-hybridized carbons (Fsp3) is 0.143. The second-order valence-corrected chi connectivity index (χ2v) is 4.84. The minimum atomic E-state index is 0.551. The predicted molar refractivity (Wildman–Crippen MR) is 75.2 cm³/mol. The molecule has 1 aromatic heterocycles. The topological polar surface area (TPSA) is 48.7 Å². The number of aromatic nitrogens is 1. The molecule has 1 heterocycles. The van der Waals surface area contributed by atoms with Crippen molar-refractivity contribution in [2.45, 2.75) is 13.8 Å². The van der Waals surface area contributed by atoms with Crippen LogP contribution in [0.25, 0.3) is 5.57 Å². The van der Waals surface area contributed by atoms with E-state index in [0.29, 0.717) is 5.57 Å². The van der Waals surface area contributed by atoms with E-state index in [0.717, 1.165) is 16.4 Å². The van der Waals surface area contributed by atoms with Gasteiger partial charge < -0.3 is 5.32 Å². The van der Waals surface area contributed by atoms with Crippen LogP contribution in [0.3, 0.4) is 0 Å². The van der Waals surface area contributed by atoms with Crippen molar-refractivity contribution in [3.05, 3.63) is 52.1 Å². The lowest BCUT2D eigenvalue weighted by atomic mass is 10.2. The maximum Gasteiger partial charge on any atom is 0.135 e. The zero-order valence-corrected chi connectivity index (χ0v) is 11.1. The van der Waals surface area contributed by atoms with Gasteiger partial charge in [0.05, 0.1) is 0 Å². The molecule has 0 aliphatic carbocycles. The summed E-state index contributed by atoms with van der Waals surface area (Å²) in [4.78, 5) is 4.30. The highest BCUT2D eigenvalue weighted by Gasteiger charge is 2.04. The molecule has 0 atom stereocenters. The quantitative estimate of drug-likeness (QED) is 0.850. The van der Waals surface area contributed by atoms with E-state index in [1.54, 1.807) is 6.20 Å². The second-order valence-electron chi connectivity index (χ2n) is 3.98. The fourth-order valence-corrected chi connectivity index (χ4v) is 2.27. The van der Waals surface area contributed by atoms with Crippen LogP contribution in [-0.4, -0.2) is 4.98 Å². The summed E-state index contributed by atoms with van der Waals surface area (Å²) >= 11 is 1.48. The Balaban J connectivity index is 2.19. The maximum atomic E-state index is 9.13. The average Bonchev–Trinajstić information content (AvgIpc) is 2.77. The SMILES string of the molecule is Cc1cccc(N/C=C(\C#N)c2nc(C)cs2)c1. The van der Waals surface area contributed by atoms with Crippen molar-refractivity contribution in [2.24, 2.45) is 0 Å². The van der Waals surface area contributed by atoms with Gasteiger partial charge in [-0.1, -0.05) is 12.1 Å². The Hall–Kier alpha value is -2.12. The number of benzene rings is 1. The minimum absolute atomic E-state index is 0.551. The van der Waals surface area contributed by atoms with Crippen LogP contribution in [-0.2, 0) is 0 Å². The summed E-state index contributed by atoms with van der Waals surface area (Å²) in [6.45, 7) is 3.95. The first-order valence-corrected chi connectivity index (χ1v) is 6.43. The summed E-state index contributed by atoms with van der Waals surface area (Å²) in [7, 11) is 0. The van der Waals surface area contributed by atoms with E-state index in [1.807, 2.05) is 43.5 Å². The summed E-state index contributed by atoms with van der Waals surface area (Å²) in [6.07, 6.45) is 1.70. The third-order valence-corrected chi connectivity index (χ3v) is 3.36. The monoisotopic (exact) mass is 255 g/mol. The van der Waals surface area contributed by atoms with E-state index in [2.05, 4.69) is 16.4 Å². The fourth-order valence-electron chi connectivity index (χ4n) is 1.51. The molecule has 0 bridgehead atoms. The second kappa shape index (κ2) is 5.48. The average molecular weight is 255 g/mol. The van der Waals surface area contributed by atoms with Gasteiger partial charge in [0.2, 0.25) is 0 Å². The molecule has 3 nitrogen and oxygen atoms in total. The molecule has 0 saturated heterocycles. The van der Waals surface area contributed by atoms with Crippen LogP contribution in [0.2, 0.25) is 0 Å². The molecule has 2 aromatic rings. The van der Waals surface area contributed by atoms with Gasteiger partial charge in [-0.3, -0.25) is 0 Å². The van der Waals surface area contributed by atoms with Gasteiger partial charge >= 0.3 is 0 Å². The molecule has 0 aliphatic heterocycles. The molecule has 0 radical (unpaired) electrons. The van der Waals surface area contributed by atoms with Crippen molar-refractivity contribution >= 4 is 22.6 Å². The molecule has 0 aliphatic rings. The number of hydrogen-bond donors (Lipinski definition) is 1. The largest absolute Gasteiger partial charge is 0.360 e. The van der Waals surface area contributed by atoms with Crippen molar-refractivity contribution in [1.82, 2.24) is 4.98 Å². The van der Waals surface area contributed by atoms with Gasteiger partial charge in [0.1, 0.15) is 16.6 Å². The van der Waals surface area contributed by atoms with E-state index in [-0.39, 0.29) is 0 Å². The molecule has 18 heavy (non-hydrogen) atoms. The van der Waals surface area contributed by atoms with Crippen molar-refractivity contribution in [3.8, 4) is 6.07 Å². The molecule has 2 rings (SSSR count). The van der Waals surface area contributed by atoms with Crippen molar-refractivity contribution in [3.63, 3.8) is 0 Å². The van der Waals surface area contributed by atoms with Crippen LogP contribution in [0.4, 0.5) is 5.69 Å². The lowest BCUT2D eigenvalue weighted by Gasteiger charge is -2.02. The van der Waals surface area contributed by atoms with Gasteiger partial charge in [0, 0.05) is 23.0 Å². The minimum Gasteiger partial charge on any atom is -0.360 e. The molecule has 1 N–H and O–H groups in total. The molecular formula is C14H13N3S. The zero-order chi connectivity index (χ0) is 13.0. The van der Waals surface area contributed by atoms with Gasteiger partial charge in [-0.15, -0.1) is 11.3 Å². The van der Waals surface area contributed by atoms with E-state index < -0.39 is 0 Å². The van der Waals surface area contributed by atoms with Crippen molar-refractivity contribution < 1.29 is 0 Å². The highest BCUT2D eigenvalue weighted by Crippen LogP contribution is 2.19. The highest BCUT2D eigenvalue weighted by molar-refractivity contribution is 7.10. The van der Waals surface area contributed by atoms with Gasteiger partial charge in [0.25, 0.3) is 0 Å². The van der Waals surface area contributed by atoms with Crippen LogP contribution >= 0.6 is 11.3 Å². The van der Waals surface area contributed by atoms with Crippen molar-refractivity contribution in [1.29, 1.82) is 5.26 Å². The molecule has 0 spiro atoms. The van der Waals surface area contributed by atoms with Crippen LogP contribution < -0.4 is 5.32 Å². The Morgan fingerprint density at radius 3 is 2.89 bits per heavy atom. The van der Waals surface area contributed by atoms with Gasteiger partial charge in [0.15, 0.2) is 0 Å². The van der Waals surface area contributed by atoms with Crippen molar-refractivity contribution in [2.75, 3.05) is 5.32 Å². The van der Waals surface area contributed by atoms with Crippen LogP contribution in [0.15, 0.2) is 35.8 Å². The standard InChI is InChI=1S/C14H13N3S/c1-10-4-3-5-13(6-10)16-8-12(7-15)14-17-11(2)9-18-14/h3-6,8-9,16H,1-2H3/b12-8+.